The van der Waals surface area contributed by atoms with E-state index in [2.05, 4.69) is 0 Å². The minimum atomic E-state index is -2.02. The van der Waals surface area contributed by atoms with Gasteiger partial charge in [0.15, 0.2) is 30.0 Å². The third kappa shape index (κ3) is 14.9. The maximum absolute atomic E-state index is 13.1. The molecule has 4 aromatic carbocycles. The Balaban J connectivity index is 0.817. The van der Waals surface area contributed by atoms with Crippen molar-refractivity contribution in [3.8, 4) is 46.0 Å². The minimum Gasteiger partial charge on any atom is -0.508 e. The molecular formula is C59H68O30. The zero-order valence-corrected chi connectivity index (χ0v) is 47.4. The Labute approximate surface area is 505 Å². The molecule has 0 radical (unpaired) electrons. The van der Waals surface area contributed by atoms with Crippen LogP contribution in [0.3, 0.4) is 0 Å². The second-order valence-electron chi connectivity index (χ2n) is 21.1. The smallest absolute Gasteiger partial charge is 0.331 e. The summed E-state index contributed by atoms with van der Waals surface area (Å²) < 4.78 is 74.3. The third-order valence-electron chi connectivity index (χ3n) is 15.1. The summed E-state index contributed by atoms with van der Waals surface area (Å²) >= 11 is 0. The number of rotatable bonds is 20. The Bertz CT molecular complexity index is 3130. The van der Waals surface area contributed by atoms with Gasteiger partial charge in [0.2, 0.25) is 24.6 Å². The van der Waals surface area contributed by atoms with Crippen molar-refractivity contribution in [3.05, 3.63) is 113 Å². The van der Waals surface area contributed by atoms with E-state index in [1.165, 1.54) is 94.0 Å². The number of phenols is 3. The molecule has 15 N–H and O–H groups in total. The van der Waals surface area contributed by atoms with Crippen LogP contribution in [0.25, 0.3) is 18.2 Å². The second-order valence-corrected chi connectivity index (χ2v) is 21.1. The highest BCUT2D eigenvalue weighted by atomic mass is 16.7. The predicted octanol–water partition coefficient (Wildman–Crippen LogP) is -2.15. The normalized spacial score (nSPS) is 33.7. The van der Waals surface area contributed by atoms with Gasteiger partial charge in [0.05, 0.1) is 39.1 Å². The predicted molar refractivity (Wildman–Crippen MR) is 296 cm³/mol. The first-order valence-corrected chi connectivity index (χ1v) is 27.6. The van der Waals surface area contributed by atoms with Crippen LogP contribution in [0.1, 0.15) is 35.3 Å². The molecule has 0 amide bonds. The molecule has 0 aromatic heterocycles. The van der Waals surface area contributed by atoms with Crippen molar-refractivity contribution in [1.29, 1.82) is 0 Å². The molecule has 0 bridgehead atoms. The van der Waals surface area contributed by atoms with Crippen molar-refractivity contribution in [2.75, 3.05) is 34.0 Å². The molecule has 5 aliphatic rings. The summed E-state index contributed by atoms with van der Waals surface area (Å²) in [7, 11) is 2.52. The SMILES string of the molecule is COc1cc(C2Oc3cc(O)cc(O[C@H]4O[C@H](CO)[C@@H](O)[C@H](O)[C@H]4O)c3C=C2O[C@@H]2O[C@H](CO[C@@H]3O[C@@H](C)[C@H](OC(=O)/C=C/c4ccc(O[C@@H]5O[C@H](COC(=O)/C=C/c6ccc(O)cc6)[C@@H](O)[C@H](O)[C@H]5O)cc4)[C@@H](O)[C@H]3O)[C@@H](O)[C@H](O)[C@H]2O)cc(OC)c1O. The largest absolute Gasteiger partial charge is 0.508 e. The molecule has 89 heavy (non-hydrogen) atoms. The number of carbonyl (C=O) groups excluding carboxylic acids is 2. The first-order valence-electron chi connectivity index (χ1n) is 27.6. The minimum absolute atomic E-state index is 0.0306. The summed E-state index contributed by atoms with van der Waals surface area (Å²) in [4.78, 5) is 25.4. The summed E-state index contributed by atoms with van der Waals surface area (Å²) in [6, 6.07) is 16.8. The fourth-order valence-corrected chi connectivity index (χ4v) is 10.0. The number of benzene rings is 4. The van der Waals surface area contributed by atoms with Gasteiger partial charge in [-0.05, 0) is 72.7 Å². The molecule has 4 aromatic rings. The van der Waals surface area contributed by atoms with Crippen LogP contribution in [0.2, 0.25) is 0 Å². The fraction of sp³-hybridized carbons (Fsp3) is 0.458. The summed E-state index contributed by atoms with van der Waals surface area (Å²) in [6.45, 7) is -0.627. The number of methoxy groups -OCH3 is 2. The van der Waals surface area contributed by atoms with Crippen LogP contribution in [0, 0.1) is 0 Å². The summed E-state index contributed by atoms with van der Waals surface area (Å²) in [6.07, 6.45) is -29.3. The van der Waals surface area contributed by atoms with Crippen LogP contribution in [0.4, 0.5) is 0 Å². The standard InChI is InChI=1S/C59H68O30/c1-24-54(89-41(64)15-9-26-6-12-30(13-7-26)82-57-50(73)47(70)44(67)38(87-57)22-79-40(63)14-8-25-4-10-28(61)11-5-25)49(72)53(76)56(81-24)80-23-39-45(68)48(71)52(75)59(88-39)85-36-20-31-32(83-55(36)27-16-34(77-2)42(65)35(17-27)78-3)18-29(62)19-33(31)84-58-51(74)46(69)43(66)37(21-60)86-58/h4-20,24,37-39,43-62,65-76H,21-23H2,1-3H3/b14-8+,15-9+/t24-,37+,38+,39+,43+,44+,45+,46-,47-,48-,49-,50+,51+,52+,53+,54-,55?,56+,57+,58-,59+/m0/s1. The van der Waals surface area contributed by atoms with Crippen LogP contribution in [0.15, 0.2) is 90.7 Å². The van der Waals surface area contributed by atoms with Gasteiger partial charge in [0, 0.05) is 29.8 Å². The lowest BCUT2D eigenvalue weighted by Crippen LogP contribution is -2.61. The highest BCUT2D eigenvalue weighted by molar-refractivity contribution is 5.87. The third-order valence-corrected chi connectivity index (χ3v) is 15.1. The first kappa shape index (κ1) is 66.0. The van der Waals surface area contributed by atoms with Gasteiger partial charge in [0.1, 0.15) is 127 Å². The van der Waals surface area contributed by atoms with E-state index in [-0.39, 0.29) is 51.4 Å². The Kier molecular flexibility index (Phi) is 21.2. The Morgan fingerprint density at radius 2 is 1.04 bits per heavy atom. The van der Waals surface area contributed by atoms with E-state index in [0.29, 0.717) is 11.1 Å². The topological polar surface area (TPSA) is 458 Å². The number of carbonyl (C=O) groups is 2. The molecule has 4 saturated heterocycles. The summed E-state index contributed by atoms with van der Waals surface area (Å²) in [5.74, 6) is -3.33. The van der Waals surface area contributed by atoms with E-state index in [1.807, 2.05) is 0 Å². The average molecular weight is 1260 g/mol. The van der Waals surface area contributed by atoms with Crippen molar-refractivity contribution >= 4 is 30.2 Å². The molecule has 0 spiro atoms. The maximum atomic E-state index is 13.1. The summed E-state index contributed by atoms with van der Waals surface area (Å²) in [5, 5.41) is 160. The Morgan fingerprint density at radius 1 is 0.528 bits per heavy atom. The van der Waals surface area contributed by atoms with E-state index in [1.54, 1.807) is 12.1 Å². The molecule has 0 aliphatic carbocycles. The molecule has 5 heterocycles. The maximum Gasteiger partial charge on any atom is 0.331 e. The van der Waals surface area contributed by atoms with Crippen LogP contribution in [0.5, 0.6) is 46.0 Å². The molecule has 9 rings (SSSR count). The zero-order chi connectivity index (χ0) is 64.1. The van der Waals surface area contributed by atoms with E-state index in [0.717, 1.165) is 18.2 Å². The lowest BCUT2D eigenvalue weighted by molar-refractivity contribution is -0.325. The van der Waals surface area contributed by atoms with Gasteiger partial charge in [-0.15, -0.1) is 0 Å². The van der Waals surface area contributed by atoms with Crippen LogP contribution in [-0.4, -0.2) is 245 Å². The van der Waals surface area contributed by atoms with Gasteiger partial charge in [-0.2, -0.15) is 0 Å². The fourth-order valence-electron chi connectivity index (χ4n) is 10.0. The molecule has 5 aliphatic heterocycles. The van der Waals surface area contributed by atoms with Gasteiger partial charge in [-0.1, -0.05) is 24.3 Å². The van der Waals surface area contributed by atoms with Crippen molar-refractivity contribution in [3.63, 3.8) is 0 Å². The highest BCUT2D eigenvalue weighted by Gasteiger charge is 2.51. The quantitative estimate of drug-likeness (QED) is 0.0331. The van der Waals surface area contributed by atoms with Gasteiger partial charge >= 0.3 is 11.9 Å². The van der Waals surface area contributed by atoms with Crippen molar-refractivity contribution in [2.45, 2.75) is 136 Å². The van der Waals surface area contributed by atoms with Gasteiger partial charge in [0.25, 0.3) is 0 Å². The van der Waals surface area contributed by atoms with Crippen LogP contribution >= 0.6 is 0 Å². The van der Waals surface area contributed by atoms with E-state index in [4.69, 9.17) is 61.6 Å². The second kappa shape index (κ2) is 28.6. The number of aromatic hydroxyl groups is 3. The molecule has 484 valence electrons. The number of fused-ring (bicyclic) bond motifs is 1. The van der Waals surface area contributed by atoms with Crippen LogP contribution < -0.4 is 23.7 Å². The van der Waals surface area contributed by atoms with Crippen molar-refractivity contribution < 1.29 is 148 Å². The van der Waals surface area contributed by atoms with E-state index < -0.39 is 172 Å². The molecule has 1 unspecified atom stereocenters. The van der Waals surface area contributed by atoms with Crippen molar-refractivity contribution in [2.24, 2.45) is 0 Å². The highest BCUT2D eigenvalue weighted by Crippen LogP contribution is 2.48. The molecule has 30 heteroatoms. The Hall–Kier alpha value is -7.44. The lowest BCUT2D eigenvalue weighted by atomic mass is 9.97. The summed E-state index contributed by atoms with van der Waals surface area (Å²) in [5.41, 5.74) is 1.13. The van der Waals surface area contributed by atoms with Gasteiger partial charge in [-0.3, -0.25) is 0 Å². The molecular weight excluding hydrogens is 1190 g/mol. The lowest BCUT2D eigenvalue weighted by Gasteiger charge is -2.43. The molecule has 4 fully saturated rings. The number of hydrogen-bond donors (Lipinski definition) is 15. The Morgan fingerprint density at radius 3 is 1.63 bits per heavy atom. The monoisotopic (exact) mass is 1260 g/mol. The first-order chi connectivity index (χ1) is 42.5. The molecule has 0 saturated carbocycles. The van der Waals surface area contributed by atoms with Crippen LogP contribution in [-0.2, 0) is 47.5 Å². The van der Waals surface area contributed by atoms with E-state index in [9.17, 15) is 86.2 Å². The number of esters is 2. The molecule has 21 atom stereocenters. The number of phenolic OH excluding ortho intramolecular Hbond substituents is 3. The number of aliphatic hydroxyl groups excluding tert-OH is 12. The number of aliphatic hydroxyl groups is 12. The van der Waals surface area contributed by atoms with Gasteiger partial charge in [-0.25, -0.2) is 9.59 Å². The van der Waals surface area contributed by atoms with E-state index >= 15 is 0 Å². The van der Waals surface area contributed by atoms with Gasteiger partial charge < -0.3 is 138 Å². The zero-order valence-electron chi connectivity index (χ0n) is 47.4. The molecule has 30 nitrogen and oxygen atoms in total. The average Bonchev–Trinajstić information content (AvgIpc) is 1.16. The number of ether oxygens (including phenoxy) is 13. The number of hydrogen-bond acceptors (Lipinski definition) is 30. The van der Waals surface area contributed by atoms with Crippen molar-refractivity contribution in [1.82, 2.24) is 0 Å².